The summed E-state index contributed by atoms with van der Waals surface area (Å²) in [7, 11) is -0.396. The van der Waals surface area contributed by atoms with Crippen LogP contribution in [0.4, 0.5) is 0 Å². The predicted octanol–water partition coefficient (Wildman–Crippen LogP) is 5.76. The molecule has 0 unspecified atom stereocenters. The zero-order chi connectivity index (χ0) is 20.2. The first kappa shape index (κ1) is 19.7. The van der Waals surface area contributed by atoms with Gasteiger partial charge in [-0.15, -0.1) is 0 Å². The third-order valence-electron chi connectivity index (χ3n) is 5.76. The zero-order valence-electron chi connectivity index (χ0n) is 17.6. The number of ether oxygens (including phenoxy) is 2. The van der Waals surface area contributed by atoms with E-state index in [-0.39, 0.29) is 10.6 Å². The number of methoxy groups -OCH3 is 1. The summed E-state index contributed by atoms with van der Waals surface area (Å²) in [5.74, 6) is 2.34. The lowest BCUT2D eigenvalue weighted by molar-refractivity contribution is 0.112. The first-order valence-corrected chi connectivity index (χ1v) is 12.3. The molecule has 2 aromatic carbocycles. The van der Waals surface area contributed by atoms with E-state index in [2.05, 4.69) is 47.7 Å². The molecular formula is C22H30O4Si. The fourth-order valence-electron chi connectivity index (χ4n) is 3.26. The summed E-state index contributed by atoms with van der Waals surface area (Å²) < 4.78 is 18.5. The molecule has 0 aromatic heterocycles. The Kier molecular flexibility index (Phi) is 4.58. The molecule has 0 spiro atoms. The summed E-state index contributed by atoms with van der Waals surface area (Å²) in [6.45, 7) is 15.1. The molecule has 4 nitrogen and oxygen atoms in total. The molecular weight excluding hydrogens is 356 g/mol. The van der Waals surface area contributed by atoms with E-state index < -0.39 is 8.32 Å². The number of carbonyl (C=O) groups excluding carboxylic acids is 1. The maximum Gasteiger partial charge on any atom is 0.250 e. The number of fused-ring (bicyclic) bond motifs is 3. The van der Waals surface area contributed by atoms with Gasteiger partial charge in [0.1, 0.15) is 29.1 Å². The van der Waals surface area contributed by atoms with E-state index in [1.165, 1.54) is 0 Å². The van der Waals surface area contributed by atoms with Crippen molar-refractivity contribution in [3.05, 3.63) is 29.3 Å². The Labute approximate surface area is 162 Å². The van der Waals surface area contributed by atoms with Crippen LogP contribution in [0.2, 0.25) is 18.1 Å². The molecule has 1 heterocycles. The van der Waals surface area contributed by atoms with Crippen molar-refractivity contribution >= 4 is 25.4 Å². The predicted molar refractivity (Wildman–Crippen MR) is 112 cm³/mol. The Balaban J connectivity index is 2.28. The zero-order valence-corrected chi connectivity index (χ0v) is 18.6. The quantitative estimate of drug-likeness (QED) is 0.495. The molecule has 0 amide bonds. The fraction of sp³-hybridized carbons (Fsp3) is 0.500. The summed E-state index contributed by atoms with van der Waals surface area (Å²) in [5.41, 5.74) is 1.34. The molecule has 0 atom stereocenters. The van der Waals surface area contributed by atoms with Gasteiger partial charge in [0.25, 0.3) is 8.32 Å². The molecule has 0 aliphatic carbocycles. The van der Waals surface area contributed by atoms with Crippen LogP contribution in [0.25, 0.3) is 10.8 Å². The van der Waals surface area contributed by atoms with Gasteiger partial charge in [-0.2, -0.15) is 0 Å². The molecule has 1 aliphatic rings. The number of benzene rings is 2. The van der Waals surface area contributed by atoms with Crippen LogP contribution >= 0.6 is 0 Å². The average Bonchev–Trinajstić information content (AvgIpc) is 2.88. The third-order valence-corrected chi connectivity index (χ3v) is 10.1. The first-order chi connectivity index (χ1) is 12.4. The highest BCUT2D eigenvalue weighted by atomic mass is 28.4. The molecule has 146 valence electrons. The van der Waals surface area contributed by atoms with Gasteiger partial charge < -0.3 is 13.9 Å². The minimum absolute atomic E-state index is 0.0514. The fourth-order valence-corrected chi connectivity index (χ4v) is 4.29. The van der Waals surface area contributed by atoms with E-state index >= 15 is 0 Å². The van der Waals surface area contributed by atoms with Gasteiger partial charge in [-0.25, -0.2) is 0 Å². The molecule has 0 fully saturated rings. The highest BCUT2D eigenvalue weighted by Gasteiger charge is 2.40. The molecule has 1 aliphatic heterocycles. The summed E-state index contributed by atoms with van der Waals surface area (Å²) in [6.07, 6.45) is 1.64. The molecule has 0 bridgehead atoms. The van der Waals surface area contributed by atoms with Crippen LogP contribution in [0.15, 0.2) is 18.2 Å². The normalized spacial score (nSPS) is 16.0. The van der Waals surface area contributed by atoms with E-state index in [9.17, 15) is 4.79 Å². The van der Waals surface area contributed by atoms with Crippen LogP contribution in [0.5, 0.6) is 17.2 Å². The van der Waals surface area contributed by atoms with Crippen LogP contribution in [0, 0.1) is 0 Å². The maximum absolute atomic E-state index is 11.6. The molecule has 0 saturated heterocycles. The number of hydrogen-bond donors (Lipinski definition) is 0. The second-order valence-corrected chi connectivity index (χ2v) is 14.2. The summed E-state index contributed by atoms with van der Waals surface area (Å²) in [4.78, 5) is 11.6. The van der Waals surface area contributed by atoms with Crippen LogP contribution in [0.1, 0.15) is 50.5 Å². The Morgan fingerprint density at radius 2 is 1.78 bits per heavy atom. The first-order valence-electron chi connectivity index (χ1n) is 9.39. The van der Waals surface area contributed by atoms with Crippen molar-refractivity contribution in [3.8, 4) is 17.2 Å². The molecule has 5 heteroatoms. The Bertz CT molecular complexity index is 907. The number of hydrogen-bond acceptors (Lipinski definition) is 4. The second-order valence-electron chi connectivity index (χ2n) is 9.52. The monoisotopic (exact) mass is 386 g/mol. The van der Waals surface area contributed by atoms with E-state index in [1.807, 2.05) is 18.2 Å². The van der Waals surface area contributed by atoms with Gasteiger partial charge in [0.15, 0.2) is 0 Å². The molecule has 0 N–H and O–H groups in total. The molecule has 27 heavy (non-hydrogen) atoms. The van der Waals surface area contributed by atoms with Gasteiger partial charge in [-0.05, 0) is 50.2 Å². The van der Waals surface area contributed by atoms with E-state index in [0.717, 1.165) is 46.3 Å². The van der Waals surface area contributed by atoms with Crippen molar-refractivity contribution in [2.24, 2.45) is 0 Å². The average molecular weight is 387 g/mol. The van der Waals surface area contributed by atoms with Gasteiger partial charge in [-0.1, -0.05) is 20.8 Å². The second kappa shape index (κ2) is 6.26. The molecule has 0 radical (unpaired) electrons. The molecule has 2 aromatic rings. The van der Waals surface area contributed by atoms with Gasteiger partial charge in [0.05, 0.1) is 7.11 Å². The molecule has 0 saturated carbocycles. The minimum atomic E-state index is -2.08. The van der Waals surface area contributed by atoms with E-state index in [1.54, 1.807) is 7.11 Å². The highest BCUT2D eigenvalue weighted by Crippen LogP contribution is 2.49. The van der Waals surface area contributed by atoms with Crippen molar-refractivity contribution in [2.45, 2.75) is 64.8 Å². The summed E-state index contributed by atoms with van der Waals surface area (Å²) in [5, 5.41) is 1.89. The van der Waals surface area contributed by atoms with E-state index in [4.69, 9.17) is 13.9 Å². The van der Waals surface area contributed by atoms with Gasteiger partial charge in [0, 0.05) is 28.3 Å². The highest BCUT2D eigenvalue weighted by molar-refractivity contribution is 6.74. The lowest BCUT2D eigenvalue weighted by Gasteiger charge is -2.37. The Hall–Kier alpha value is -2.01. The van der Waals surface area contributed by atoms with Crippen molar-refractivity contribution < 1.29 is 18.7 Å². The minimum Gasteiger partial charge on any atom is -0.543 e. The smallest absolute Gasteiger partial charge is 0.250 e. The van der Waals surface area contributed by atoms with Crippen molar-refractivity contribution in [3.63, 3.8) is 0 Å². The lowest BCUT2D eigenvalue weighted by atomic mass is 9.97. The third kappa shape index (κ3) is 3.45. The number of rotatable bonds is 4. The van der Waals surface area contributed by atoms with Gasteiger partial charge in [-0.3, -0.25) is 4.79 Å². The number of aldehydes is 1. The Morgan fingerprint density at radius 1 is 1.11 bits per heavy atom. The van der Waals surface area contributed by atoms with Crippen LogP contribution in [0.3, 0.4) is 0 Å². The van der Waals surface area contributed by atoms with E-state index in [0.29, 0.717) is 5.56 Å². The van der Waals surface area contributed by atoms with Crippen molar-refractivity contribution in [2.75, 3.05) is 7.11 Å². The standard InChI is InChI=1S/C22H30O4Si/c1-21(2,3)27(7,8)26-19-10-14(13-23)9-16-15(19)11-18(24-6)17-12-22(4,5)25-20(16)17/h9-11,13H,12H2,1-8H3. The lowest BCUT2D eigenvalue weighted by Crippen LogP contribution is -2.43. The summed E-state index contributed by atoms with van der Waals surface area (Å²) in [6, 6.07) is 5.75. The van der Waals surface area contributed by atoms with Crippen molar-refractivity contribution in [1.82, 2.24) is 0 Å². The topological polar surface area (TPSA) is 44.8 Å². The van der Waals surface area contributed by atoms with Gasteiger partial charge >= 0.3 is 0 Å². The van der Waals surface area contributed by atoms with Gasteiger partial charge in [0.2, 0.25) is 0 Å². The SMILES string of the molecule is COc1cc2c(O[Si](C)(C)C(C)(C)C)cc(C=O)cc2c2c1CC(C)(C)O2. The largest absolute Gasteiger partial charge is 0.543 e. The molecule has 3 rings (SSSR count). The maximum atomic E-state index is 11.6. The number of carbonyl (C=O) groups is 1. The van der Waals surface area contributed by atoms with Crippen LogP contribution in [-0.2, 0) is 6.42 Å². The van der Waals surface area contributed by atoms with Crippen LogP contribution < -0.4 is 13.9 Å². The van der Waals surface area contributed by atoms with Crippen LogP contribution in [-0.4, -0.2) is 27.3 Å². The van der Waals surface area contributed by atoms with Crippen molar-refractivity contribution in [1.29, 1.82) is 0 Å². The Morgan fingerprint density at radius 3 is 2.33 bits per heavy atom. The summed E-state index contributed by atoms with van der Waals surface area (Å²) >= 11 is 0.